The molecule has 0 spiro atoms. The highest BCUT2D eigenvalue weighted by Gasteiger charge is 2.27. The molecule has 104 valence electrons. The molecule has 0 bridgehead atoms. The normalized spacial score (nSPS) is 24.4. The van der Waals surface area contributed by atoms with E-state index in [0.717, 1.165) is 38.6 Å². The summed E-state index contributed by atoms with van der Waals surface area (Å²) >= 11 is 0. The summed E-state index contributed by atoms with van der Waals surface area (Å²) in [6.45, 7) is 5.93. The minimum atomic E-state index is 0.0327. The van der Waals surface area contributed by atoms with Gasteiger partial charge in [-0.25, -0.2) is 0 Å². The van der Waals surface area contributed by atoms with Gasteiger partial charge >= 0.3 is 0 Å². The predicted octanol–water partition coefficient (Wildman–Crippen LogP) is 1.20. The molecule has 1 atom stereocenters. The molecule has 1 amide bonds. The van der Waals surface area contributed by atoms with Crippen molar-refractivity contribution in [3.63, 3.8) is 0 Å². The van der Waals surface area contributed by atoms with Crippen LogP contribution in [-0.4, -0.2) is 54.0 Å². The van der Waals surface area contributed by atoms with Crippen LogP contribution in [0.1, 0.15) is 45.4 Å². The van der Waals surface area contributed by atoms with E-state index in [1.807, 2.05) is 11.8 Å². The molecule has 1 saturated carbocycles. The van der Waals surface area contributed by atoms with Gasteiger partial charge in [0, 0.05) is 44.7 Å². The highest BCUT2D eigenvalue weighted by Crippen LogP contribution is 2.24. The maximum absolute atomic E-state index is 12.0. The molecule has 0 radical (unpaired) electrons. The second kappa shape index (κ2) is 6.53. The maximum Gasteiger partial charge on any atom is 0.224 e. The van der Waals surface area contributed by atoms with Gasteiger partial charge in [0.25, 0.3) is 0 Å². The van der Waals surface area contributed by atoms with Crippen molar-refractivity contribution >= 4 is 5.91 Å². The van der Waals surface area contributed by atoms with Gasteiger partial charge < -0.3 is 10.6 Å². The van der Waals surface area contributed by atoms with Crippen molar-refractivity contribution in [3.05, 3.63) is 0 Å². The van der Waals surface area contributed by atoms with Crippen molar-refractivity contribution < 1.29 is 4.79 Å². The van der Waals surface area contributed by atoms with Gasteiger partial charge in [0.1, 0.15) is 0 Å². The lowest BCUT2D eigenvalue weighted by atomic mass is 10.1. The fraction of sp³-hybridized carbons (Fsp3) is 0.929. The lowest BCUT2D eigenvalue weighted by Gasteiger charge is -2.38. The van der Waals surface area contributed by atoms with Crippen LogP contribution >= 0.6 is 0 Å². The van der Waals surface area contributed by atoms with Gasteiger partial charge in [-0.1, -0.05) is 19.8 Å². The van der Waals surface area contributed by atoms with Crippen LogP contribution in [0.3, 0.4) is 0 Å². The van der Waals surface area contributed by atoms with Crippen molar-refractivity contribution in [1.29, 1.82) is 0 Å². The number of nitrogens with zero attached hydrogens (tertiary/aromatic N) is 2. The van der Waals surface area contributed by atoms with Crippen LogP contribution in [0.15, 0.2) is 0 Å². The van der Waals surface area contributed by atoms with Gasteiger partial charge in [-0.15, -0.1) is 0 Å². The van der Waals surface area contributed by atoms with Crippen LogP contribution in [0.25, 0.3) is 0 Å². The molecule has 0 aromatic carbocycles. The number of hydrogen-bond acceptors (Lipinski definition) is 3. The first-order chi connectivity index (χ1) is 8.70. The summed E-state index contributed by atoms with van der Waals surface area (Å²) in [5.74, 6) is 0.246. The Hall–Kier alpha value is -0.610. The molecule has 2 aliphatic rings. The van der Waals surface area contributed by atoms with E-state index in [-0.39, 0.29) is 11.9 Å². The van der Waals surface area contributed by atoms with Crippen LogP contribution < -0.4 is 5.73 Å². The van der Waals surface area contributed by atoms with Crippen LogP contribution in [0.2, 0.25) is 0 Å². The summed E-state index contributed by atoms with van der Waals surface area (Å²) in [5, 5.41) is 0. The number of hydrogen-bond donors (Lipinski definition) is 1. The van der Waals surface area contributed by atoms with E-state index in [9.17, 15) is 4.79 Å². The van der Waals surface area contributed by atoms with E-state index >= 15 is 0 Å². The Bertz CT molecular complexity index is 268. The van der Waals surface area contributed by atoms with Crippen LogP contribution in [-0.2, 0) is 4.79 Å². The third-order valence-electron chi connectivity index (χ3n) is 4.47. The standard InChI is InChI=1S/C14H27N3O/c1-2-12(15)11-14(18)17-9-7-16(8-10-17)13-5-3-4-6-13/h12-13H,2-11,15H2,1H3. The average Bonchev–Trinajstić information content (AvgIpc) is 2.92. The van der Waals surface area contributed by atoms with Gasteiger partial charge in [0.2, 0.25) is 5.91 Å². The van der Waals surface area contributed by atoms with E-state index in [2.05, 4.69) is 4.90 Å². The van der Waals surface area contributed by atoms with Gasteiger partial charge in [-0.05, 0) is 19.3 Å². The topological polar surface area (TPSA) is 49.6 Å². The Balaban J connectivity index is 1.73. The number of piperazine rings is 1. The SMILES string of the molecule is CCC(N)CC(=O)N1CCN(C2CCCC2)CC1. The minimum Gasteiger partial charge on any atom is -0.340 e. The summed E-state index contributed by atoms with van der Waals surface area (Å²) in [6.07, 6.45) is 6.88. The van der Waals surface area contributed by atoms with Crippen molar-refractivity contribution in [2.45, 2.75) is 57.5 Å². The van der Waals surface area contributed by atoms with E-state index < -0.39 is 0 Å². The highest BCUT2D eigenvalue weighted by atomic mass is 16.2. The largest absolute Gasteiger partial charge is 0.340 e. The molecule has 2 fully saturated rings. The lowest BCUT2D eigenvalue weighted by molar-refractivity contribution is -0.133. The van der Waals surface area contributed by atoms with E-state index in [4.69, 9.17) is 5.73 Å². The molecule has 1 aliphatic carbocycles. The molecule has 4 nitrogen and oxygen atoms in total. The molecule has 4 heteroatoms. The van der Waals surface area contributed by atoms with Gasteiger partial charge in [-0.3, -0.25) is 9.69 Å². The van der Waals surface area contributed by atoms with Crippen LogP contribution in [0, 0.1) is 0 Å². The zero-order valence-corrected chi connectivity index (χ0v) is 11.6. The van der Waals surface area contributed by atoms with Gasteiger partial charge in [0.05, 0.1) is 0 Å². The summed E-state index contributed by atoms with van der Waals surface area (Å²) in [6, 6.07) is 0.825. The number of amides is 1. The quantitative estimate of drug-likeness (QED) is 0.819. The summed E-state index contributed by atoms with van der Waals surface area (Å²) in [7, 11) is 0. The van der Waals surface area contributed by atoms with Crippen molar-refractivity contribution in [2.75, 3.05) is 26.2 Å². The second-order valence-electron chi connectivity index (χ2n) is 5.73. The third kappa shape index (κ3) is 3.45. The molecule has 1 unspecified atom stereocenters. The molecule has 2 N–H and O–H groups in total. The molecule has 2 rings (SSSR count). The van der Waals surface area contributed by atoms with E-state index in [0.29, 0.717) is 6.42 Å². The zero-order chi connectivity index (χ0) is 13.0. The zero-order valence-electron chi connectivity index (χ0n) is 11.6. The van der Waals surface area contributed by atoms with Crippen LogP contribution in [0.4, 0.5) is 0 Å². The summed E-state index contributed by atoms with van der Waals surface area (Å²) in [4.78, 5) is 16.6. The lowest BCUT2D eigenvalue weighted by Crippen LogP contribution is -2.52. The minimum absolute atomic E-state index is 0.0327. The van der Waals surface area contributed by atoms with Gasteiger partial charge in [-0.2, -0.15) is 0 Å². The molecular weight excluding hydrogens is 226 g/mol. The maximum atomic E-state index is 12.0. The Labute approximate surface area is 110 Å². The predicted molar refractivity (Wildman–Crippen MR) is 73.3 cm³/mol. The number of rotatable bonds is 4. The van der Waals surface area contributed by atoms with Crippen LogP contribution in [0.5, 0.6) is 0 Å². The summed E-state index contributed by atoms with van der Waals surface area (Å²) < 4.78 is 0. The van der Waals surface area contributed by atoms with Crippen molar-refractivity contribution in [3.8, 4) is 0 Å². The fourth-order valence-electron chi connectivity index (χ4n) is 3.10. The molecule has 0 aromatic rings. The number of carbonyl (C=O) groups excluding carboxylic acids is 1. The van der Waals surface area contributed by atoms with Gasteiger partial charge in [0.15, 0.2) is 0 Å². The van der Waals surface area contributed by atoms with E-state index in [1.165, 1.54) is 25.7 Å². The molecule has 1 aliphatic heterocycles. The summed E-state index contributed by atoms with van der Waals surface area (Å²) in [5.41, 5.74) is 5.85. The Kier molecular flexibility index (Phi) is 5.01. The first kappa shape index (κ1) is 13.8. The average molecular weight is 253 g/mol. The molecule has 1 heterocycles. The Morgan fingerprint density at radius 3 is 2.39 bits per heavy atom. The second-order valence-corrected chi connectivity index (χ2v) is 5.73. The first-order valence-corrected chi connectivity index (χ1v) is 7.48. The molecule has 18 heavy (non-hydrogen) atoms. The first-order valence-electron chi connectivity index (χ1n) is 7.48. The highest BCUT2D eigenvalue weighted by molar-refractivity contribution is 5.76. The van der Waals surface area contributed by atoms with Crippen molar-refractivity contribution in [1.82, 2.24) is 9.80 Å². The Morgan fingerprint density at radius 2 is 1.83 bits per heavy atom. The molecule has 1 saturated heterocycles. The molecule has 0 aromatic heterocycles. The smallest absolute Gasteiger partial charge is 0.224 e. The Morgan fingerprint density at radius 1 is 1.22 bits per heavy atom. The monoisotopic (exact) mass is 253 g/mol. The molecular formula is C14H27N3O. The fourth-order valence-corrected chi connectivity index (χ4v) is 3.10. The number of nitrogens with two attached hydrogens (primary N) is 1. The van der Waals surface area contributed by atoms with E-state index in [1.54, 1.807) is 0 Å². The van der Waals surface area contributed by atoms with Crippen molar-refractivity contribution in [2.24, 2.45) is 5.73 Å². The third-order valence-corrected chi connectivity index (χ3v) is 4.47. The number of carbonyl (C=O) groups is 1.